The van der Waals surface area contributed by atoms with Crippen LogP contribution in [0.3, 0.4) is 0 Å². The Balaban J connectivity index is 1.58. The fourth-order valence-corrected chi connectivity index (χ4v) is 4.56. The highest BCUT2D eigenvalue weighted by atomic mass is 32.1. The average molecular weight is 416 g/mol. The van der Waals surface area contributed by atoms with Crippen molar-refractivity contribution in [2.75, 3.05) is 40.3 Å². The van der Waals surface area contributed by atoms with Gasteiger partial charge in [0.1, 0.15) is 5.75 Å². The van der Waals surface area contributed by atoms with Crippen LogP contribution in [0.4, 0.5) is 0 Å². The number of nitrogens with zero attached hydrogens (tertiary/aromatic N) is 3. The second kappa shape index (κ2) is 11.2. The second-order valence-electron chi connectivity index (χ2n) is 7.22. The molecule has 158 valence electrons. The van der Waals surface area contributed by atoms with Gasteiger partial charge >= 0.3 is 0 Å². The molecule has 1 atom stereocenters. The van der Waals surface area contributed by atoms with E-state index in [4.69, 9.17) is 4.74 Å². The van der Waals surface area contributed by atoms with Gasteiger partial charge in [-0.3, -0.25) is 9.89 Å². The van der Waals surface area contributed by atoms with Gasteiger partial charge in [0.15, 0.2) is 5.96 Å². The van der Waals surface area contributed by atoms with Crippen molar-refractivity contribution in [1.29, 1.82) is 0 Å². The van der Waals surface area contributed by atoms with E-state index in [1.54, 1.807) is 18.4 Å². The summed E-state index contributed by atoms with van der Waals surface area (Å²) in [4.78, 5) is 11.6. The van der Waals surface area contributed by atoms with Crippen molar-refractivity contribution in [3.05, 3.63) is 45.9 Å². The topological polar surface area (TPSA) is 61.8 Å². The van der Waals surface area contributed by atoms with Gasteiger partial charge in [0, 0.05) is 37.5 Å². The SMILES string of the molecule is CCc1nc(CCNC(=NC)NCC(c2ccccc2OC)N2CCCC2)cs1. The standard InChI is InChI=1S/C22H33N5OS/c1-4-21-26-17(16-29-21)11-12-24-22(23-2)25-15-19(27-13-7-8-14-27)18-9-5-6-10-20(18)28-3/h5-6,9-10,16,19H,4,7-8,11-15H2,1-3H3,(H2,23,24,25). The predicted molar refractivity (Wildman–Crippen MR) is 121 cm³/mol. The number of hydrogen-bond acceptors (Lipinski definition) is 5. The fraction of sp³-hybridized carbons (Fsp3) is 0.545. The molecule has 1 aliphatic heterocycles. The molecule has 1 aliphatic rings. The molecule has 0 aliphatic carbocycles. The van der Waals surface area contributed by atoms with Crippen molar-refractivity contribution in [3.63, 3.8) is 0 Å². The first-order valence-corrected chi connectivity index (χ1v) is 11.4. The highest BCUT2D eigenvalue weighted by Gasteiger charge is 2.26. The van der Waals surface area contributed by atoms with Gasteiger partial charge < -0.3 is 15.4 Å². The summed E-state index contributed by atoms with van der Waals surface area (Å²) in [6, 6.07) is 8.60. The number of thiazole rings is 1. The number of guanidine groups is 1. The van der Waals surface area contributed by atoms with Gasteiger partial charge in [-0.2, -0.15) is 0 Å². The number of aryl methyl sites for hydroxylation is 1. The van der Waals surface area contributed by atoms with Gasteiger partial charge in [0.05, 0.1) is 23.9 Å². The zero-order valence-corrected chi connectivity index (χ0v) is 18.6. The maximum absolute atomic E-state index is 5.64. The van der Waals surface area contributed by atoms with Crippen LogP contribution in [0.2, 0.25) is 0 Å². The molecular formula is C22H33N5OS. The van der Waals surface area contributed by atoms with Crippen LogP contribution >= 0.6 is 11.3 Å². The Morgan fingerprint density at radius 2 is 2.07 bits per heavy atom. The molecule has 0 spiro atoms. The van der Waals surface area contributed by atoms with Gasteiger partial charge in [-0.1, -0.05) is 25.1 Å². The van der Waals surface area contributed by atoms with Crippen molar-refractivity contribution in [2.24, 2.45) is 4.99 Å². The summed E-state index contributed by atoms with van der Waals surface area (Å²) in [7, 11) is 3.57. The molecule has 7 heteroatoms. The lowest BCUT2D eigenvalue weighted by Crippen LogP contribution is -2.43. The number of benzene rings is 1. The Labute approximate surface area is 178 Å². The summed E-state index contributed by atoms with van der Waals surface area (Å²) in [5.74, 6) is 1.78. The van der Waals surface area contributed by atoms with Crippen LogP contribution < -0.4 is 15.4 Å². The first kappa shape index (κ1) is 21.6. The van der Waals surface area contributed by atoms with E-state index in [0.29, 0.717) is 0 Å². The second-order valence-corrected chi connectivity index (χ2v) is 8.16. The molecule has 2 heterocycles. The van der Waals surface area contributed by atoms with Crippen LogP contribution in [-0.4, -0.2) is 56.2 Å². The zero-order valence-electron chi connectivity index (χ0n) is 17.8. The molecule has 3 rings (SSSR count). The number of para-hydroxylation sites is 1. The van der Waals surface area contributed by atoms with Gasteiger partial charge in [-0.15, -0.1) is 11.3 Å². The number of methoxy groups -OCH3 is 1. The van der Waals surface area contributed by atoms with Crippen LogP contribution in [0, 0.1) is 0 Å². The minimum absolute atomic E-state index is 0.262. The number of ether oxygens (including phenoxy) is 1. The molecule has 6 nitrogen and oxygen atoms in total. The van der Waals surface area contributed by atoms with Crippen molar-refractivity contribution >= 4 is 17.3 Å². The van der Waals surface area contributed by atoms with Gasteiger partial charge in [-0.05, 0) is 38.4 Å². The Hall–Kier alpha value is -2.12. The van der Waals surface area contributed by atoms with E-state index in [-0.39, 0.29) is 6.04 Å². The van der Waals surface area contributed by atoms with Crippen LogP contribution in [0.1, 0.15) is 42.1 Å². The fourth-order valence-electron chi connectivity index (χ4n) is 3.78. The molecule has 0 radical (unpaired) electrons. The van der Waals surface area contributed by atoms with E-state index >= 15 is 0 Å². The van der Waals surface area contributed by atoms with Crippen LogP contribution in [0.5, 0.6) is 5.75 Å². The van der Waals surface area contributed by atoms with E-state index in [0.717, 1.165) is 56.4 Å². The molecule has 0 bridgehead atoms. The Kier molecular flexibility index (Phi) is 8.31. The Morgan fingerprint density at radius 3 is 2.76 bits per heavy atom. The molecule has 2 aromatic rings. The largest absolute Gasteiger partial charge is 0.496 e. The maximum Gasteiger partial charge on any atom is 0.191 e. The molecule has 0 saturated carbocycles. The van der Waals surface area contributed by atoms with Crippen molar-refractivity contribution in [2.45, 2.75) is 38.6 Å². The van der Waals surface area contributed by atoms with E-state index in [9.17, 15) is 0 Å². The molecular weight excluding hydrogens is 382 g/mol. The lowest BCUT2D eigenvalue weighted by Gasteiger charge is -2.30. The van der Waals surface area contributed by atoms with E-state index in [1.807, 2.05) is 19.2 Å². The first-order valence-electron chi connectivity index (χ1n) is 10.5. The lowest BCUT2D eigenvalue weighted by molar-refractivity contribution is 0.239. The Morgan fingerprint density at radius 1 is 1.28 bits per heavy atom. The Bertz CT molecular complexity index is 785. The minimum atomic E-state index is 0.262. The molecule has 1 saturated heterocycles. The number of likely N-dealkylation sites (tertiary alicyclic amines) is 1. The number of hydrogen-bond donors (Lipinski definition) is 2. The smallest absolute Gasteiger partial charge is 0.191 e. The minimum Gasteiger partial charge on any atom is -0.496 e. The van der Waals surface area contributed by atoms with E-state index in [1.165, 1.54) is 23.4 Å². The quantitative estimate of drug-likeness (QED) is 0.486. The summed E-state index contributed by atoms with van der Waals surface area (Å²) in [6.45, 7) is 6.00. The lowest BCUT2D eigenvalue weighted by atomic mass is 10.0. The van der Waals surface area contributed by atoms with Gasteiger partial charge in [-0.25, -0.2) is 4.98 Å². The summed E-state index contributed by atoms with van der Waals surface area (Å²) in [5.41, 5.74) is 2.38. The summed E-state index contributed by atoms with van der Waals surface area (Å²) < 4.78 is 5.64. The summed E-state index contributed by atoms with van der Waals surface area (Å²) in [6.07, 6.45) is 4.42. The summed E-state index contributed by atoms with van der Waals surface area (Å²) in [5, 5.41) is 10.3. The molecule has 1 unspecified atom stereocenters. The van der Waals surface area contributed by atoms with Crippen LogP contribution in [0.25, 0.3) is 0 Å². The van der Waals surface area contributed by atoms with E-state index < -0.39 is 0 Å². The predicted octanol–water partition coefficient (Wildman–Crippen LogP) is 3.26. The molecule has 1 aromatic carbocycles. The van der Waals surface area contributed by atoms with Crippen LogP contribution in [0.15, 0.2) is 34.6 Å². The third-order valence-electron chi connectivity index (χ3n) is 5.34. The van der Waals surface area contributed by atoms with Crippen molar-refractivity contribution < 1.29 is 4.74 Å². The summed E-state index contributed by atoms with van der Waals surface area (Å²) >= 11 is 1.74. The van der Waals surface area contributed by atoms with E-state index in [2.05, 4.69) is 49.9 Å². The molecule has 29 heavy (non-hydrogen) atoms. The zero-order chi connectivity index (χ0) is 20.5. The maximum atomic E-state index is 5.64. The van der Waals surface area contributed by atoms with Gasteiger partial charge in [0.25, 0.3) is 0 Å². The van der Waals surface area contributed by atoms with Crippen LogP contribution in [-0.2, 0) is 12.8 Å². The first-order chi connectivity index (χ1) is 14.2. The molecule has 0 amide bonds. The monoisotopic (exact) mass is 415 g/mol. The number of aliphatic imine (C=N–C) groups is 1. The number of aromatic nitrogens is 1. The van der Waals surface area contributed by atoms with Crippen molar-refractivity contribution in [3.8, 4) is 5.75 Å². The average Bonchev–Trinajstić information content (AvgIpc) is 3.45. The molecule has 1 fully saturated rings. The number of rotatable bonds is 9. The molecule has 1 aromatic heterocycles. The van der Waals surface area contributed by atoms with Gasteiger partial charge in [0.2, 0.25) is 0 Å². The highest BCUT2D eigenvalue weighted by molar-refractivity contribution is 7.09. The normalized spacial score (nSPS) is 16.0. The number of nitrogens with one attached hydrogen (secondary N) is 2. The third kappa shape index (κ3) is 5.93. The highest BCUT2D eigenvalue weighted by Crippen LogP contribution is 2.31. The third-order valence-corrected chi connectivity index (χ3v) is 6.38. The van der Waals surface area contributed by atoms with Crippen molar-refractivity contribution in [1.82, 2.24) is 20.5 Å². The molecule has 2 N–H and O–H groups in total.